The lowest BCUT2D eigenvalue weighted by atomic mass is 9.78. The fraction of sp³-hybridized carbons (Fsp3) is 0. The Morgan fingerprint density at radius 2 is 0.348 bits per heavy atom. The first-order valence-electron chi connectivity index (χ1n) is 21.2. The van der Waals surface area contributed by atoms with E-state index in [0.29, 0.717) is 34.2 Å². The number of pyridine rings is 12. The smallest absolute Gasteiger partial charge is 0.0892 e. The van der Waals surface area contributed by atoms with Gasteiger partial charge in [0.05, 0.1) is 104 Å². The third kappa shape index (κ3) is 6.23. The summed E-state index contributed by atoms with van der Waals surface area (Å²) in [7, 11) is 0. The fourth-order valence-electron chi connectivity index (χ4n) is 8.92. The summed E-state index contributed by atoms with van der Waals surface area (Å²) in [6, 6.07) is 36.6. The minimum atomic E-state index is 0.663. The maximum Gasteiger partial charge on any atom is 0.0892 e. The van der Waals surface area contributed by atoms with Crippen LogP contribution in [0, 0.1) is 0 Å². The summed E-state index contributed by atoms with van der Waals surface area (Å²) in [6.07, 6.45) is 21.4. The molecule has 0 saturated heterocycles. The van der Waals surface area contributed by atoms with Crippen molar-refractivity contribution in [2.45, 2.75) is 0 Å². The Balaban J connectivity index is 1.32. The number of aromatic nitrogens is 12. The Hall–Kier alpha value is -9.42. The number of rotatable bonds is 6. The Morgan fingerprint density at radius 3 is 0.515 bits per heavy atom. The van der Waals surface area contributed by atoms with E-state index in [2.05, 4.69) is 103 Å². The van der Waals surface area contributed by atoms with Gasteiger partial charge >= 0.3 is 0 Å². The molecule has 0 radical (unpaired) electrons. The SMILES string of the molecule is c1cc2ccc(-c3c(-c4ccc5ccncc5n4)c(-c4ccc5ccncc5n4)c(-c4ccc5ccncc5n4)c(-c4ccc5ccncc5n4)c3-c3ccc4ccncc4n3)nc2cn1. The van der Waals surface area contributed by atoms with Crippen LogP contribution < -0.4 is 0 Å². The maximum atomic E-state index is 5.43. The van der Waals surface area contributed by atoms with Crippen molar-refractivity contribution in [3.8, 4) is 67.5 Å². The van der Waals surface area contributed by atoms with Crippen LogP contribution in [-0.2, 0) is 0 Å². The lowest BCUT2D eigenvalue weighted by molar-refractivity contribution is 1.27. The summed E-state index contributed by atoms with van der Waals surface area (Å²) in [5.41, 5.74) is 12.8. The zero-order valence-corrected chi connectivity index (χ0v) is 34.7. The molecule has 0 fully saturated rings. The molecule has 0 saturated carbocycles. The summed E-state index contributed by atoms with van der Waals surface area (Å²) >= 11 is 0. The molecule has 13 aromatic rings. The molecule has 0 N–H and O–H groups in total. The molecule has 0 atom stereocenters. The molecular weight excluding hydrogens is 817 g/mol. The molecule has 0 aliphatic carbocycles. The van der Waals surface area contributed by atoms with Crippen LogP contribution in [0.2, 0.25) is 0 Å². The molecule has 0 aliphatic rings. The monoisotopic (exact) mass is 846 g/mol. The highest BCUT2D eigenvalue weighted by molar-refractivity contribution is 6.14. The van der Waals surface area contributed by atoms with E-state index in [-0.39, 0.29) is 0 Å². The Bertz CT molecular complexity index is 3400. The van der Waals surface area contributed by atoms with Crippen LogP contribution in [0.25, 0.3) is 133 Å². The van der Waals surface area contributed by atoms with Gasteiger partial charge in [0.2, 0.25) is 0 Å². The molecule has 0 unspecified atom stereocenters. The standard InChI is InChI=1S/C54H30N12/c1-7-37(61-43-25-55-19-13-31(1)43)49-50(38-8-2-32-14-20-56-26-44(32)62-38)52(40-10-4-34-16-22-58-28-46(34)64-40)54(42-12-6-36-18-24-60-30-48(36)66-42)53(41-11-5-35-17-23-59-29-47(35)65-41)51(49)39-9-3-33-15-21-57-27-45(33)63-39/h1-30H. The Labute approximate surface area is 374 Å². The second-order valence-corrected chi connectivity index (χ2v) is 15.8. The van der Waals surface area contributed by atoms with Crippen LogP contribution >= 0.6 is 0 Å². The molecule has 1 aromatic carbocycles. The van der Waals surface area contributed by atoms with Gasteiger partial charge in [0.1, 0.15) is 0 Å². The van der Waals surface area contributed by atoms with Gasteiger partial charge in [0, 0.05) is 103 Å². The molecule has 306 valence electrons. The van der Waals surface area contributed by atoms with E-state index in [9.17, 15) is 0 Å². The normalized spacial score (nSPS) is 11.6. The largest absolute Gasteiger partial charge is 0.262 e. The molecule has 13 rings (SSSR count). The number of nitrogens with zero attached hydrogens (tertiary/aromatic N) is 12. The van der Waals surface area contributed by atoms with Crippen molar-refractivity contribution in [1.82, 2.24) is 59.8 Å². The summed E-state index contributed by atoms with van der Waals surface area (Å²) in [5, 5.41) is 5.67. The molecule has 12 heteroatoms. The van der Waals surface area contributed by atoms with Gasteiger partial charge in [-0.3, -0.25) is 29.9 Å². The van der Waals surface area contributed by atoms with Gasteiger partial charge in [0.25, 0.3) is 0 Å². The molecular formula is C54H30N12. The average Bonchev–Trinajstić information content (AvgIpc) is 3.39. The zero-order chi connectivity index (χ0) is 43.6. The number of hydrogen-bond donors (Lipinski definition) is 0. The minimum Gasteiger partial charge on any atom is -0.262 e. The Kier molecular flexibility index (Phi) is 8.52. The number of benzene rings is 1. The minimum absolute atomic E-state index is 0.663. The predicted octanol–water partition coefficient (Wildman–Crippen LogP) is 11.3. The van der Waals surface area contributed by atoms with E-state index in [1.54, 1.807) is 74.4 Å². The predicted molar refractivity (Wildman–Crippen MR) is 258 cm³/mol. The van der Waals surface area contributed by atoms with Crippen molar-refractivity contribution in [1.29, 1.82) is 0 Å². The zero-order valence-electron chi connectivity index (χ0n) is 34.7. The third-order valence-electron chi connectivity index (χ3n) is 12.0. The van der Waals surface area contributed by atoms with Crippen LogP contribution in [-0.4, -0.2) is 59.8 Å². The Morgan fingerprint density at radius 1 is 0.182 bits per heavy atom. The van der Waals surface area contributed by atoms with Gasteiger partial charge in [-0.1, -0.05) is 36.4 Å². The van der Waals surface area contributed by atoms with Crippen molar-refractivity contribution in [2.75, 3.05) is 0 Å². The molecule has 12 aromatic heterocycles. The van der Waals surface area contributed by atoms with E-state index in [1.807, 2.05) is 36.4 Å². The summed E-state index contributed by atoms with van der Waals surface area (Å²) < 4.78 is 0. The van der Waals surface area contributed by atoms with Crippen LogP contribution in [0.1, 0.15) is 0 Å². The quantitative estimate of drug-likeness (QED) is 0.156. The van der Waals surface area contributed by atoms with E-state index in [0.717, 1.165) is 98.8 Å². The first-order chi connectivity index (χ1) is 32.7. The highest BCUT2D eigenvalue weighted by Crippen LogP contribution is 2.55. The molecule has 0 spiro atoms. The van der Waals surface area contributed by atoms with E-state index in [1.165, 1.54) is 0 Å². The molecule has 0 bridgehead atoms. The summed E-state index contributed by atoms with van der Waals surface area (Å²) in [5.74, 6) is 0. The van der Waals surface area contributed by atoms with Gasteiger partial charge in [-0.25, -0.2) is 29.9 Å². The summed E-state index contributed by atoms with van der Waals surface area (Å²) in [6.45, 7) is 0. The second-order valence-electron chi connectivity index (χ2n) is 15.8. The highest BCUT2D eigenvalue weighted by Gasteiger charge is 2.33. The van der Waals surface area contributed by atoms with Gasteiger partial charge in [-0.2, -0.15) is 0 Å². The fourth-order valence-corrected chi connectivity index (χ4v) is 8.92. The summed E-state index contributed by atoms with van der Waals surface area (Å²) in [4.78, 5) is 59.6. The van der Waals surface area contributed by atoms with Crippen LogP contribution in [0.5, 0.6) is 0 Å². The lowest BCUT2D eigenvalue weighted by Crippen LogP contribution is -2.06. The van der Waals surface area contributed by atoms with E-state index in [4.69, 9.17) is 29.9 Å². The lowest BCUT2D eigenvalue weighted by Gasteiger charge is -2.27. The van der Waals surface area contributed by atoms with Crippen molar-refractivity contribution in [2.24, 2.45) is 0 Å². The van der Waals surface area contributed by atoms with Crippen molar-refractivity contribution >= 4 is 65.4 Å². The van der Waals surface area contributed by atoms with Gasteiger partial charge in [-0.15, -0.1) is 0 Å². The maximum absolute atomic E-state index is 5.43. The van der Waals surface area contributed by atoms with Crippen LogP contribution in [0.3, 0.4) is 0 Å². The van der Waals surface area contributed by atoms with E-state index >= 15 is 0 Å². The first kappa shape index (κ1) is 37.2. The number of fused-ring (bicyclic) bond motifs is 6. The molecule has 66 heavy (non-hydrogen) atoms. The first-order valence-corrected chi connectivity index (χ1v) is 21.2. The van der Waals surface area contributed by atoms with Crippen LogP contribution in [0.4, 0.5) is 0 Å². The number of hydrogen-bond acceptors (Lipinski definition) is 12. The third-order valence-corrected chi connectivity index (χ3v) is 12.0. The topological polar surface area (TPSA) is 155 Å². The van der Waals surface area contributed by atoms with Crippen molar-refractivity contribution in [3.63, 3.8) is 0 Å². The van der Waals surface area contributed by atoms with E-state index < -0.39 is 0 Å². The van der Waals surface area contributed by atoms with Gasteiger partial charge in [0.15, 0.2) is 0 Å². The van der Waals surface area contributed by atoms with Crippen LogP contribution in [0.15, 0.2) is 184 Å². The van der Waals surface area contributed by atoms with Gasteiger partial charge < -0.3 is 0 Å². The molecule has 0 amide bonds. The van der Waals surface area contributed by atoms with Gasteiger partial charge in [-0.05, 0) is 72.8 Å². The second kappa shape index (κ2) is 15.1. The van der Waals surface area contributed by atoms with Crippen molar-refractivity contribution in [3.05, 3.63) is 184 Å². The molecule has 12 nitrogen and oxygen atoms in total. The molecule has 12 heterocycles. The molecule has 0 aliphatic heterocycles. The average molecular weight is 847 g/mol. The van der Waals surface area contributed by atoms with Crippen molar-refractivity contribution < 1.29 is 0 Å². The highest BCUT2D eigenvalue weighted by atomic mass is 14.8.